The average Bonchev–Trinajstić information content (AvgIpc) is 3.33. The van der Waals surface area contributed by atoms with Crippen molar-refractivity contribution in [1.29, 1.82) is 0 Å². The molecule has 0 saturated carbocycles. The molecule has 162 valence electrons. The number of aromatic nitrogens is 2. The van der Waals surface area contributed by atoms with E-state index in [0.717, 1.165) is 27.6 Å². The zero-order valence-electron chi connectivity index (χ0n) is 17.4. The lowest BCUT2D eigenvalue weighted by Crippen LogP contribution is -2.52. The Morgan fingerprint density at radius 1 is 1.19 bits per heavy atom. The van der Waals surface area contributed by atoms with Crippen LogP contribution >= 0.6 is 0 Å². The quantitative estimate of drug-likeness (QED) is 0.541. The van der Waals surface area contributed by atoms with Crippen molar-refractivity contribution in [2.45, 2.75) is 38.9 Å². The number of nitrogens with zero attached hydrogens (tertiary/aromatic N) is 2. The van der Waals surface area contributed by atoms with Gasteiger partial charge < -0.3 is 10.2 Å². The molecule has 0 spiro atoms. The number of piperidine rings is 1. The van der Waals surface area contributed by atoms with E-state index < -0.39 is 11.9 Å². The topological polar surface area (TPSA) is 124 Å². The average molecular weight is 431 g/mol. The van der Waals surface area contributed by atoms with Gasteiger partial charge in [0.2, 0.25) is 11.8 Å². The minimum absolute atomic E-state index is 0.217. The summed E-state index contributed by atoms with van der Waals surface area (Å²) >= 11 is 0. The Morgan fingerprint density at radius 3 is 2.84 bits per heavy atom. The van der Waals surface area contributed by atoms with Gasteiger partial charge in [0.15, 0.2) is 5.69 Å². The number of rotatable bonds is 4. The number of aryl methyl sites for hydroxylation is 1. The van der Waals surface area contributed by atoms with Gasteiger partial charge in [-0.25, -0.2) is 0 Å². The van der Waals surface area contributed by atoms with Crippen LogP contribution in [0, 0.1) is 6.92 Å². The first kappa shape index (κ1) is 19.9. The van der Waals surface area contributed by atoms with Gasteiger partial charge in [-0.1, -0.05) is 23.8 Å². The Hall–Kier alpha value is -4.01. The van der Waals surface area contributed by atoms with Crippen LogP contribution in [-0.2, 0) is 22.7 Å². The molecule has 3 heterocycles. The maximum absolute atomic E-state index is 12.8. The fourth-order valence-corrected chi connectivity index (χ4v) is 4.30. The van der Waals surface area contributed by atoms with Crippen molar-refractivity contribution in [3.63, 3.8) is 0 Å². The van der Waals surface area contributed by atoms with Gasteiger partial charge in [0.1, 0.15) is 6.04 Å². The molecule has 2 aliphatic rings. The van der Waals surface area contributed by atoms with E-state index in [4.69, 9.17) is 0 Å². The second-order valence-electron chi connectivity index (χ2n) is 8.20. The van der Waals surface area contributed by atoms with Gasteiger partial charge >= 0.3 is 0 Å². The molecular formula is C23H21N5O4. The molecule has 4 amide bonds. The summed E-state index contributed by atoms with van der Waals surface area (Å²) in [6.45, 7) is 2.53. The number of aromatic amines is 1. The molecule has 3 aromatic rings. The van der Waals surface area contributed by atoms with Gasteiger partial charge in [-0.2, -0.15) is 5.10 Å². The van der Waals surface area contributed by atoms with Gasteiger partial charge in [0, 0.05) is 30.5 Å². The molecular weight excluding hydrogens is 410 g/mol. The van der Waals surface area contributed by atoms with Crippen LogP contribution in [0.3, 0.4) is 0 Å². The van der Waals surface area contributed by atoms with Crippen molar-refractivity contribution in [2.75, 3.05) is 0 Å². The molecule has 5 rings (SSSR count). The third-order valence-electron chi connectivity index (χ3n) is 5.97. The van der Waals surface area contributed by atoms with Crippen LogP contribution < -0.4 is 10.6 Å². The Kier molecular flexibility index (Phi) is 4.73. The third kappa shape index (κ3) is 3.41. The first-order valence-electron chi connectivity index (χ1n) is 10.4. The Balaban J connectivity index is 1.29. The van der Waals surface area contributed by atoms with E-state index in [1.165, 1.54) is 4.90 Å². The maximum atomic E-state index is 12.8. The lowest BCUT2D eigenvalue weighted by atomic mass is 10.0. The fraction of sp³-hybridized carbons (Fsp3) is 0.261. The molecule has 1 saturated heterocycles. The summed E-state index contributed by atoms with van der Waals surface area (Å²) in [4.78, 5) is 50.6. The summed E-state index contributed by atoms with van der Waals surface area (Å²) in [5.74, 6) is -1.25. The van der Waals surface area contributed by atoms with Crippen molar-refractivity contribution in [1.82, 2.24) is 25.7 Å². The molecule has 9 heteroatoms. The maximum Gasteiger partial charge on any atom is 0.272 e. The molecule has 3 N–H and O–H groups in total. The molecule has 1 atom stereocenters. The van der Waals surface area contributed by atoms with E-state index >= 15 is 0 Å². The minimum atomic E-state index is -0.646. The van der Waals surface area contributed by atoms with E-state index in [9.17, 15) is 19.2 Å². The predicted octanol–water partition coefficient (Wildman–Crippen LogP) is 1.56. The van der Waals surface area contributed by atoms with E-state index in [1.807, 2.05) is 31.2 Å². The third-order valence-corrected chi connectivity index (χ3v) is 5.97. The van der Waals surface area contributed by atoms with Crippen molar-refractivity contribution in [3.8, 4) is 0 Å². The van der Waals surface area contributed by atoms with E-state index in [-0.39, 0.29) is 30.7 Å². The molecule has 9 nitrogen and oxygen atoms in total. The second-order valence-corrected chi connectivity index (χ2v) is 8.20. The van der Waals surface area contributed by atoms with E-state index in [2.05, 4.69) is 20.8 Å². The number of hydrogen-bond acceptors (Lipinski definition) is 5. The molecule has 1 unspecified atom stereocenters. The van der Waals surface area contributed by atoms with Gasteiger partial charge in [0.05, 0.1) is 5.52 Å². The number of nitrogens with one attached hydrogen (secondary N) is 3. The molecule has 0 aliphatic carbocycles. The van der Waals surface area contributed by atoms with Gasteiger partial charge in [-0.05, 0) is 42.7 Å². The number of fused-ring (bicyclic) bond motifs is 2. The number of carbonyl (C=O) groups is 4. The van der Waals surface area contributed by atoms with Crippen molar-refractivity contribution in [2.24, 2.45) is 0 Å². The largest absolute Gasteiger partial charge is 0.347 e. The van der Waals surface area contributed by atoms with E-state index in [1.54, 1.807) is 12.1 Å². The molecule has 32 heavy (non-hydrogen) atoms. The highest BCUT2D eigenvalue weighted by molar-refractivity contribution is 6.06. The van der Waals surface area contributed by atoms with Gasteiger partial charge in [-0.15, -0.1) is 0 Å². The summed E-state index contributed by atoms with van der Waals surface area (Å²) in [6.07, 6.45) is 0.541. The molecule has 2 aromatic carbocycles. The highest BCUT2D eigenvalue weighted by atomic mass is 16.2. The number of hydrogen-bond donors (Lipinski definition) is 3. The SMILES string of the molecule is Cc1ccc2[nH]nc(C(=O)NCc3ccc4c(c3)CN(C3CCC(=O)NC3=O)C4=O)c2c1. The minimum Gasteiger partial charge on any atom is -0.347 e. The molecule has 1 fully saturated rings. The van der Waals surface area contributed by atoms with Gasteiger partial charge in [0.25, 0.3) is 11.8 Å². The second kappa shape index (κ2) is 7.60. The first-order chi connectivity index (χ1) is 15.4. The van der Waals surface area contributed by atoms with Crippen LogP contribution in [0.4, 0.5) is 0 Å². The highest BCUT2D eigenvalue weighted by Gasteiger charge is 2.39. The van der Waals surface area contributed by atoms with Crippen molar-refractivity contribution >= 4 is 34.5 Å². The van der Waals surface area contributed by atoms with Crippen LogP contribution in [0.25, 0.3) is 10.9 Å². The first-order valence-corrected chi connectivity index (χ1v) is 10.4. The zero-order chi connectivity index (χ0) is 22.4. The number of amides is 4. The summed E-state index contributed by atoms with van der Waals surface area (Å²) in [5, 5.41) is 13.0. The predicted molar refractivity (Wildman–Crippen MR) is 114 cm³/mol. The van der Waals surface area contributed by atoms with Crippen molar-refractivity contribution in [3.05, 3.63) is 64.3 Å². The van der Waals surface area contributed by atoms with Crippen LogP contribution in [0.2, 0.25) is 0 Å². The van der Waals surface area contributed by atoms with Gasteiger partial charge in [-0.3, -0.25) is 29.6 Å². The highest BCUT2D eigenvalue weighted by Crippen LogP contribution is 2.28. The van der Waals surface area contributed by atoms with Crippen molar-refractivity contribution < 1.29 is 19.2 Å². The standard InChI is InChI=1S/C23H21N5O4/c1-12-2-5-17-16(8-12)20(27-26-17)22(31)24-10-13-3-4-15-14(9-13)11-28(23(15)32)18-6-7-19(29)25-21(18)30/h2-5,8-9,18H,6-7,10-11H2,1H3,(H,24,31)(H,26,27)(H,25,29,30). The normalized spacial score (nSPS) is 18.1. The van der Waals surface area contributed by atoms with Crippen LogP contribution in [0.5, 0.6) is 0 Å². The smallest absolute Gasteiger partial charge is 0.272 e. The number of carbonyl (C=O) groups excluding carboxylic acids is 4. The lowest BCUT2D eigenvalue weighted by molar-refractivity contribution is -0.136. The number of benzene rings is 2. The van der Waals surface area contributed by atoms with E-state index in [0.29, 0.717) is 24.2 Å². The summed E-state index contributed by atoms with van der Waals surface area (Å²) in [7, 11) is 0. The molecule has 0 bridgehead atoms. The Bertz CT molecular complexity index is 1290. The molecule has 2 aliphatic heterocycles. The Labute approximate surface area is 183 Å². The van der Waals surface area contributed by atoms with Crippen LogP contribution in [0.1, 0.15) is 50.4 Å². The summed E-state index contributed by atoms with van der Waals surface area (Å²) < 4.78 is 0. The molecule has 1 aromatic heterocycles. The summed E-state index contributed by atoms with van der Waals surface area (Å²) in [6, 6.07) is 10.5. The summed E-state index contributed by atoms with van der Waals surface area (Å²) in [5.41, 5.74) is 4.35. The molecule has 0 radical (unpaired) electrons. The fourth-order valence-electron chi connectivity index (χ4n) is 4.30. The number of imide groups is 1. The number of H-pyrrole nitrogens is 1. The monoisotopic (exact) mass is 431 g/mol. The zero-order valence-corrected chi connectivity index (χ0v) is 17.4. The van der Waals surface area contributed by atoms with Crippen LogP contribution in [-0.4, -0.2) is 44.8 Å². The lowest BCUT2D eigenvalue weighted by Gasteiger charge is -2.29. The Morgan fingerprint density at radius 2 is 2.03 bits per heavy atom. The van der Waals surface area contributed by atoms with Crippen LogP contribution in [0.15, 0.2) is 36.4 Å².